The second-order valence-electron chi connectivity index (χ2n) is 5.66. The van der Waals surface area contributed by atoms with Crippen LogP contribution >= 0.6 is 22.7 Å². The third kappa shape index (κ3) is 3.72. The molecule has 8 heteroatoms. The number of hydrogen-bond donors (Lipinski definition) is 2. The number of fused-ring (bicyclic) bond motifs is 1. The van der Waals surface area contributed by atoms with Gasteiger partial charge in [-0.2, -0.15) is 0 Å². The van der Waals surface area contributed by atoms with E-state index in [-0.39, 0.29) is 24.0 Å². The van der Waals surface area contributed by atoms with E-state index < -0.39 is 5.97 Å². The molecule has 0 bridgehead atoms. The molecule has 27 heavy (non-hydrogen) atoms. The number of benzene rings is 1. The predicted octanol–water partition coefficient (Wildman–Crippen LogP) is 4.06. The monoisotopic (exact) mass is 402 g/mol. The lowest BCUT2D eigenvalue weighted by Crippen LogP contribution is -2.17. The maximum atomic E-state index is 12.7. The third-order valence-electron chi connectivity index (χ3n) is 3.94. The van der Waals surface area contributed by atoms with Crippen LogP contribution in [0, 0.1) is 6.92 Å². The molecule has 2 aromatic heterocycles. The van der Waals surface area contributed by atoms with Gasteiger partial charge in [-0.05, 0) is 36.9 Å². The van der Waals surface area contributed by atoms with Crippen molar-refractivity contribution in [3.05, 3.63) is 51.2 Å². The van der Waals surface area contributed by atoms with Crippen LogP contribution in [-0.4, -0.2) is 31.4 Å². The molecule has 3 aromatic rings. The van der Waals surface area contributed by atoms with Crippen molar-refractivity contribution in [3.8, 4) is 0 Å². The number of anilines is 1. The van der Waals surface area contributed by atoms with E-state index in [4.69, 9.17) is 4.74 Å². The van der Waals surface area contributed by atoms with Gasteiger partial charge < -0.3 is 15.4 Å². The summed E-state index contributed by atoms with van der Waals surface area (Å²) < 4.78 is 6.10. The van der Waals surface area contributed by atoms with Gasteiger partial charge in [-0.1, -0.05) is 18.2 Å². The molecule has 3 rings (SSSR count). The minimum atomic E-state index is -0.562. The molecule has 0 unspecified atom stereocenters. The first kappa shape index (κ1) is 19.1. The number of hydrogen-bond acceptors (Lipinski definition) is 6. The zero-order valence-electron chi connectivity index (χ0n) is 15.0. The summed E-state index contributed by atoms with van der Waals surface area (Å²) >= 11 is 2.43. The van der Waals surface area contributed by atoms with Crippen molar-refractivity contribution in [3.63, 3.8) is 0 Å². The Morgan fingerprint density at radius 1 is 1.11 bits per heavy atom. The smallest absolute Gasteiger partial charge is 0.341 e. The highest BCUT2D eigenvalue weighted by atomic mass is 32.1. The molecule has 6 nitrogen and oxygen atoms in total. The van der Waals surface area contributed by atoms with Gasteiger partial charge in [0.1, 0.15) is 5.00 Å². The van der Waals surface area contributed by atoms with Gasteiger partial charge in [0.05, 0.1) is 21.9 Å². The molecule has 2 N–H and O–H groups in total. The average molecular weight is 402 g/mol. The van der Waals surface area contributed by atoms with E-state index in [0.29, 0.717) is 20.3 Å². The molecule has 0 saturated heterocycles. The van der Waals surface area contributed by atoms with Gasteiger partial charge in [0, 0.05) is 11.7 Å². The van der Waals surface area contributed by atoms with Crippen molar-refractivity contribution < 1.29 is 19.1 Å². The zero-order valence-corrected chi connectivity index (χ0v) is 16.7. The normalized spacial score (nSPS) is 10.6. The van der Waals surface area contributed by atoms with Crippen LogP contribution < -0.4 is 10.6 Å². The number of ether oxygens (including phenoxy) is 1. The highest BCUT2D eigenvalue weighted by Crippen LogP contribution is 2.35. The number of nitrogens with one attached hydrogen (secondary N) is 2. The first-order valence-corrected chi connectivity index (χ1v) is 9.92. The summed E-state index contributed by atoms with van der Waals surface area (Å²) in [5.41, 5.74) is 0.708. The predicted molar refractivity (Wildman–Crippen MR) is 108 cm³/mol. The molecule has 0 aliphatic rings. The topological polar surface area (TPSA) is 84.5 Å². The van der Waals surface area contributed by atoms with E-state index >= 15 is 0 Å². The van der Waals surface area contributed by atoms with Crippen molar-refractivity contribution in [2.45, 2.75) is 13.8 Å². The van der Waals surface area contributed by atoms with Gasteiger partial charge in [0.25, 0.3) is 11.8 Å². The number of carbonyl (C=O) groups excluding carboxylic acids is 3. The van der Waals surface area contributed by atoms with Gasteiger partial charge in [0.15, 0.2) is 0 Å². The Kier molecular flexibility index (Phi) is 5.57. The molecule has 0 aliphatic heterocycles. The molecule has 0 spiro atoms. The number of carbonyl (C=O) groups is 3. The number of amides is 2. The maximum absolute atomic E-state index is 12.7. The Bertz CT molecular complexity index is 1000. The van der Waals surface area contributed by atoms with Crippen molar-refractivity contribution in [2.75, 3.05) is 19.0 Å². The lowest BCUT2D eigenvalue weighted by molar-refractivity contribution is 0.0527. The quantitative estimate of drug-likeness (QED) is 0.631. The lowest BCUT2D eigenvalue weighted by Gasteiger charge is -2.06. The second kappa shape index (κ2) is 7.89. The van der Waals surface area contributed by atoms with Crippen LogP contribution in [0.2, 0.25) is 0 Å². The summed E-state index contributed by atoms with van der Waals surface area (Å²) in [6.45, 7) is 3.57. The number of rotatable bonds is 5. The molecule has 0 fully saturated rings. The average Bonchev–Trinajstić information content (AvgIpc) is 3.22. The van der Waals surface area contributed by atoms with Crippen LogP contribution in [0.25, 0.3) is 10.1 Å². The molecule has 0 atom stereocenters. The van der Waals surface area contributed by atoms with Crippen LogP contribution in [0.5, 0.6) is 0 Å². The van der Waals surface area contributed by atoms with Crippen LogP contribution in [0.4, 0.5) is 5.00 Å². The standard InChI is InChI=1S/C19H18N2O4S2/c1-4-25-19(24)14-10(2)15(17(23)20-3)27-18(14)21-16(22)13-9-11-7-5-6-8-12(11)26-13/h5-9H,4H2,1-3H3,(H,20,23)(H,21,22). The minimum Gasteiger partial charge on any atom is -0.462 e. The molecule has 140 valence electrons. The van der Waals surface area contributed by atoms with E-state index in [0.717, 1.165) is 21.4 Å². The first-order valence-electron chi connectivity index (χ1n) is 8.28. The summed E-state index contributed by atoms with van der Waals surface area (Å²) in [5, 5.41) is 6.61. The summed E-state index contributed by atoms with van der Waals surface area (Å²) in [6, 6.07) is 9.51. The Morgan fingerprint density at radius 3 is 2.52 bits per heavy atom. The molecular weight excluding hydrogens is 384 g/mol. The molecule has 1 aromatic carbocycles. The van der Waals surface area contributed by atoms with Crippen molar-refractivity contribution in [1.82, 2.24) is 5.32 Å². The summed E-state index contributed by atoms with van der Waals surface area (Å²) in [7, 11) is 1.51. The lowest BCUT2D eigenvalue weighted by atomic mass is 10.1. The Labute approximate surface area is 164 Å². The van der Waals surface area contributed by atoms with Gasteiger partial charge in [-0.15, -0.1) is 22.7 Å². The van der Waals surface area contributed by atoms with E-state index in [9.17, 15) is 14.4 Å². The Morgan fingerprint density at radius 2 is 1.85 bits per heavy atom. The number of esters is 1. The van der Waals surface area contributed by atoms with Gasteiger partial charge in [-0.25, -0.2) is 4.79 Å². The second-order valence-corrected chi connectivity index (χ2v) is 7.77. The van der Waals surface area contributed by atoms with Crippen LogP contribution in [0.1, 0.15) is 42.2 Å². The largest absolute Gasteiger partial charge is 0.462 e. The highest BCUT2D eigenvalue weighted by Gasteiger charge is 2.26. The maximum Gasteiger partial charge on any atom is 0.341 e. The van der Waals surface area contributed by atoms with Crippen molar-refractivity contribution in [2.24, 2.45) is 0 Å². The third-order valence-corrected chi connectivity index (χ3v) is 6.26. The molecule has 0 saturated carbocycles. The fourth-order valence-corrected chi connectivity index (χ4v) is 4.73. The molecule has 0 aliphatic carbocycles. The first-order chi connectivity index (χ1) is 13.0. The van der Waals surface area contributed by atoms with E-state index in [1.165, 1.54) is 18.4 Å². The van der Waals surface area contributed by atoms with Crippen molar-refractivity contribution >= 4 is 55.5 Å². The van der Waals surface area contributed by atoms with Crippen molar-refractivity contribution in [1.29, 1.82) is 0 Å². The SMILES string of the molecule is CCOC(=O)c1c(NC(=O)c2cc3ccccc3s2)sc(C(=O)NC)c1C. The molecule has 2 amide bonds. The van der Waals surface area contributed by atoms with Gasteiger partial charge in [0.2, 0.25) is 0 Å². The fraction of sp³-hybridized carbons (Fsp3) is 0.211. The van der Waals surface area contributed by atoms with Gasteiger partial charge >= 0.3 is 5.97 Å². The molecule has 2 heterocycles. The zero-order chi connectivity index (χ0) is 19.6. The Hall–Kier alpha value is -2.71. The van der Waals surface area contributed by atoms with Crippen LogP contribution in [0.15, 0.2) is 30.3 Å². The Balaban J connectivity index is 1.98. The summed E-state index contributed by atoms with van der Waals surface area (Å²) in [5.74, 6) is -1.20. The highest BCUT2D eigenvalue weighted by molar-refractivity contribution is 7.21. The van der Waals surface area contributed by atoms with Crippen LogP contribution in [0.3, 0.4) is 0 Å². The van der Waals surface area contributed by atoms with E-state index in [2.05, 4.69) is 10.6 Å². The molecular formula is C19H18N2O4S2. The minimum absolute atomic E-state index is 0.202. The fourth-order valence-electron chi connectivity index (χ4n) is 2.64. The van der Waals surface area contributed by atoms with Gasteiger partial charge in [-0.3, -0.25) is 9.59 Å². The van der Waals surface area contributed by atoms with Crippen LogP contribution in [-0.2, 0) is 4.74 Å². The number of thiophene rings is 2. The van der Waals surface area contributed by atoms with E-state index in [1.54, 1.807) is 19.9 Å². The molecule has 0 radical (unpaired) electrons. The summed E-state index contributed by atoms with van der Waals surface area (Å²) in [6.07, 6.45) is 0. The van der Waals surface area contributed by atoms with E-state index in [1.807, 2.05) is 24.3 Å². The summed E-state index contributed by atoms with van der Waals surface area (Å²) in [4.78, 5) is 38.1.